The number of aliphatic hydroxyl groups is 2. The molecule has 21 heavy (non-hydrogen) atoms. The van der Waals surface area contributed by atoms with E-state index in [1.165, 1.54) is 64.2 Å². The van der Waals surface area contributed by atoms with E-state index in [1.54, 1.807) is 11.8 Å². The van der Waals surface area contributed by atoms with E-state index in [0.717, 1.165) is 5.75 Å². The van der Waals surface area contributed by atoms with Crippen LogP contribution in [0.2, 0.25) is 0 Å². The van der Waals surface area contributed by atoms with Crippen molar-refractivity contribution in [3.05, 3.63) is 0 Å². The molecule has 0 bridgehead atoms. The number of rotatable bonds is 16. The third-order valence-corrected chi connectivity index (χ3v) is 5.43. The molecule has 0 heterocycles. The lowest BCUT2D eigenvalue weighted by molar-refractivity contribution is 0.232. The van der Waals surface area contributed by atoms with Gasteiger partial charge < -0.3 is 15.9 Å². The lowest BCUT2D eigenvalue weighted by atomic mass is 10.1. The van der Waals surface area contributed by atoms with Crippen molar-refractivity contribution >= 4 is 11.8 Å². The van der Waals surface area contributed by atoms with Crippen LogP contribution in [-0.2, 0) is 0 Å². The highest BCUT2D eigenvalue weighted by Gasteiger charge is 2.23. The molecule has 0 rings (SSSR count). The monoisotopic (exact) mass is 319 g/mol. The Bertz CT molecular complexity index is 209. The fraction of sp³-hybridized carbons (Fsp3) is 1.00. The quantitative estimate of drug-likeness (QED) is 0.296. The van der Waals surface area contributed by atoms with Crippen molar-refractivity contribution in [1.82, 2.24) is 0 Å². The summed E-state index contributed by atoms with van der Waals surface area (Å²) < 4.78 is 0. The van der Waals surface area contributed by atoms with Gasteiger partial charge >= 0.3 is 0 Å². The van der Waals surface area contributed by atoms with Crippen molar-refractivity contribution < 1.29 is 10.2 Å². The molecule has 128 valence electrons. The molecule has 0 radical (unpaired) electrons. The number of unbranched alkanes of at least 4 members (excludes halogenated alkanes) is 9. The van der Waals surface area contributed by atoms with Crippen molar-refractivity contribution in [1.29, 1.82) is 0 Å². The molecule has 0 aromatic carbocycles. The van der Waals surface area contributed by atoms with Crippen molar-refractivity contribution in [2.45, 2.75) is 88.8 Å². The second-order valence-corrected chi connectivity index (χ2v) is 7.55. The number of nitrogens with two attached hydrogens (primary N) is 1. The highest BCUT2D eigenvalue weighted by Crippen LogP contribution is 2.27. The second-order valence-electron chi connectivity index (χ2n) is 6.04. The van der Waals surface area contributed by atoms with E-state index in [-0.39, 0.29) is 13.2 Å². The Kier molecular flexibility index (Phi) is 15.3. The van der Waals surface area contributed by atoms with Gasteiger partial charge in [0.05, 0.1) is 4.87 Å². The fourth-order valence-electron chi connectivity index (χ4n) is 2.51. The van der Waals surface area contributed by atoms with Crippen molar-refractivity contribution in [3.63, 3.8) is 0 Å². The molecule has 0 aliphatic carbocycles. The van der Waals surface area contributed by atoms with Crippen LogP contribution < -0.4 is 5.73 Å². The maximum absolute atomic E-state index is 9.03. The van der Waals surface area contributed by atoms with Gasteiger partial charge in [0.15, 0.2) is 0 Å². The first-order chi connectivity index (χ1) is 10.2. The number of thioether (sulfide) groups is 1. The van der Waals surface area contributed by atoms with E-state index in [0.29, 0.717) is 12.8 Å². The average Bonchev–Trinajstić information content (AvgIpc) is 2.45. The smallest absolute Gasteiger partial charge is 0.0664 e. The molecule has 0 amide bonds. The zero-order valence-electron chi connectivity index (χ0n) is 14.0. The summed E-state index contributed by atoms with van der Waals surface area (Å²) in [5, 5.41) is 18.1. The standard InChI is InChI=1S/C17H37NO2S/c1-2-3-4-5-6-7-8-9-10-11-16-21-17(18,12-14-19)13-15-20/h19-20H,2-16,18H2,1H3. The average molecular weight is 320 g/mol. The molecular weight excluding hydrogens is 282 g/mol. The molecule has 4 heteroatoms. The van der Waals surface area contributed by atoms with Gasteiger partial charge in [-0.25, -0.2) is 0 Å². The zero-order valence-corrected chi connectivity index (χ0v) is 14.8. The topological polar surface area (TPSA) is 66.5 Å². The first kappa shape index (κ1) is 21.2. The van der Waals surface area contributed by atoms with Crippen LogP contribution in [0.1, 0.15) is 84.0 Å². The molecule has 0 aliphatic rings. The van der Waals surface area contributed by atoms with Crippen LogP contribution >= 0.6 is 11.8 Å². The summed E-state index contributed by atoms with van der Waals surface area (Å²) in [5.41, 5.74) is 6.18. The van der Waals surface area contributed by atoms with Crippen LogP contribution in [-0.4, -0.2) is 34.1 Å². The lowest BCUT2D eigenvalue weighted by Crippen LogP contribution is -2.38. The highest BCUT2D eigenvalue weighted by atomic mass is 32.2. The Hall–Kier alpha value is 0.230. The summed E-state index contributed by atoms with van der Waals surface area (Å²) in [7, 11) is 0. The van der Waals surface area contributed by atoms with Gasteiger partial charge in [-0.1, -0.05) is 64.7 Å². The lowest BCUT2D eigenvalue weighted by Gasteiger charge is -2.27. The van der Waals surface area contributed by atoms with Crippen LogP contribution in [0.25, 0.3) is 0 Å². The van der Waals surface area contributed by atoms with Crippen LogP contribution in [0.15, 0.2) is 0 Å². The number of hydrogen-bond acceptors (Lipinski definition) is 4. The van der Waals surface area contributed by atoms with Crippen molar-refractivity contribution in [2.75, 3.05) is 19.0 Å². The summed E-state index contributed by atoms with van der Waals surface area (Å²) in [5.74, 6) is 1.03. The minimum Gasteiger partial charge on any atom is -0.396 e. The van der Waals surface area contributed by atoms with E-state index in [4.69, 9.17) is 15.9 Å². The zero-order chi connectivity index (χ0) is 15.8. The molecule has 0 saturated heterocycles. The molecule has 0 saturated carbocycles. The van der Waals surface area contributed by atoms with E-state index in [2.05, 4.69) is 6.92 Å². The SMILES string of the molecule is CCCCCCCCCCCCSC(N)(CCO)CCO. The van der Waals surface area contributed by atoms with Crippen LogP contribution in [0.4, 0.5) is 0 Å². The van der Waals surface area contributed by atoms with Crippen LogP contribution in [0.5, 0.6) is 0 Å². The Morgan fingerprint density at radius 1 is 0.762 bits per heavy atom. The van der Waals surface area contributed by atoms with Crippen LogP contribution in [0, 0.1) is 0 Å². The Balaban J connectivity index is 3.37. The largest absolute Gasteiger partial charge is 0.396 e. The molecular formula is C17H37NO2S. The molecule has 0 fully saturated rings. The Morgan fingerprint density at radius 2 is 1.19 bits per heavy atom. The van der Waals surface area contributed by atoms with Gasteiger partial charge in [-0.3, -0.25) is 0 Å². The minimum absolute atomic E-state index is 0.0987. The Labute approximate surface area is 136 Å². The first-order valence-corrected chi connectivity index (χ1v) is 9.81. The van der Waals surface area contributed by atoms with Gasteiger partial charge in [0.1, 0.15) is 0 Å². The molecule has 0 unspecified atom stereocenters. The predicted octanol–water partition coefficient (Wildman–Crippen LogP) is 4.06. The third-order valence-electron chi connectivity index (χ3n) is 3.96. The van der Waals surface area contributed by atoms with Gasteiger partial charge in [-0.05, 0) is 25.0 Å². The Morgan fingerprint density at radius 3 is 1.62 bits per heavy atom. The van der Waals surface area contributed by atoms with Gasteiger partial charge in [0.2, 0.25) is 0 Å². The summed E-state index contributed by atoms with van der Waals surface area (Å²) in [6, 6.07) is 0. The normalized spacial score (nSPS) is 12.0. The van der Waals surface area contributed by atoms with Crippen molar-refractivity contribution in [2.24, 2.45) is 5.73 Å². The summed E-state index contributed by atoms with van der Waals surface area (Å²) in [4.78, 5) is -0.442. The summed E-state index contributed by atoms with van der Waals surface area (Å²) >= 11 is 1.71. The first-order valence-electron chi connectivity index (χ1n) is 8.83. The number of aliphatic hydroxyl groups excluding tert-OH is 2. The molecule has 0 atom stereocenters. The van der Waals surface area contributed by atoms with E-state index < -0.39 is 4.87 Å². The molecule has 0 aromatic rings. The maximum Gasteiger partial charge on any atom is 0.0664 e. The van der Waals surface area contributed by atoms with E-state index in [9.17, 15) is 0 Å². The summed E-state index contributed by atoms with van der Waals surface area (Å²) in [6.45, 7) is 2.46. The van der Waals surface area contributed by atoms with Gasteiger partial charge in [0, 0.05) is 13.2 Å². The van der Waals surface area contributed by atoms with Gasteiger partial charge in [-0.15, -0.1) is 11.8 Å². The summed E-state index contributed by atoms with van der Waals surface area (Å²) in [6.07, 6.45) is 14.6. The maximum atomic E-state index is 9.03. The number of hydrogen-bond donors (Lipinski definition) is 3. The van der Waals surface area contributed by atoms with Crippen molar-refractivity contribution in [3.8, 4) is 0 Å². The highest BCUT2D eigenvalue weighted by molar-refractivity contribution is 8.00. The fourth-order valence-corrected chi connectivity index (χ4v) is 3.74. The third kappa shape index (κ3) is 13.6. The minimum atomic E-state index is -0.442. The molecule has 0 spiro atoms. The second kappa shape index (κ2) is 15.1. The predicted molar refractivity (Wildman–Crippen MR) is 94.6 cm³/mol. The van der Waals surface area contributed by atoms with Gasteiger partial charge in [-0.2, -0.15) is 0 Å². The molecule has 0 aromatic heterocycles. The molecule has 4 N–H and O–H groups in total. The van der Waals surface area contributed by atoms with E-state index >= 15 is 0 Å². The van der Waals surface area contributed by atoms with Crippen LogP contribution in [0.3, 0.4) is 0 Å². The molecule has 0 aliphatic heterocycles. The molecule has 3 nitrogen and oxygen atoms in total. The van der Waals surface area contributed by atoms with E-state index in [1.807, 2.05) is 0 Å². The van der Waals surface area contributed by atoms with Gasteiger partial charge in [0.25, 0.3) is 0 Å².